The van der Waals surface area contributed by atoms with E-state index in [-0.39, 0.29) is 6.61 Å². The van der Waals surface area contributed by atoms with E-state index >= 15 is 0 Å². The number of aliphatic hydroxyl groups excluding tert-OH is 1. The van der Waals surface area contributed by atoms with Crippen molar-refractivity contribution in [3.8, 4) is 0 Å². The summed E-state index contributed by atoms with van der Waals surface area (Å²) in [5, 5.41) is 17.8. The van der Waals surface area contributed by atoms with E-state index in [0.717, 1.165) is 38.5 Å². The number of ether oxygens (including phenoxy) is 1. The van der Waals surface area contributed by atoms with Crippen LogP contribution in [0.2, 0.25) is 0 Å². The predicted octanol–water partition coefficient (Wildman–Crippen LogP) is 3.14. The molecule has 0 radical (unpaired) electrons. The van der Waals surface area contributed by atoms with E-state index in [1.165, 1.54) is 33.3 Å². The molecule has 5 nitrogen and oxygen atoms in total. The molecule has 1 atom stereocenters. The van der Waals surface area contributed by atoms with Gasteiger partial charge in [0.05, 0.1) is 7.11 Å². The number of hydrogen-bond donors (Lipinski definition) is 2. The summed E-state index contributed by atoms with van der Waals surface area (Å²) in [5.74, 6) is -1.78. The maximum absolute atomic E-state index is 11.5. The van der Waals surface area contributed by atoms with Gasteiger partial charge in [0.1, 0.15) is 0 Å². The zero-order valence-corrected chi connectivity index (χ0v) is 13.4. The van der Waals surface area contributed by atoms with E-state index in [2.05, 4.69) is 4.74 Å². The molecule has 0 aromatic heterocycles. The van der Waals surface area contributed by atoms with Crippen LogP contribution >= 0.6 is 0 Å². The maximum Gasteiger partial charge on any atom is 0.322 e. The van der Waals surface area contributed by atoms with E-state index in [4.69, 9.17) is 10.2 Å². The highest BCUT2D eigenvalue weighted by Gasteiger charge is 2.41. The van der Waals surface area contributed by atoms with E-state index in [0.29, 0.717) is 6.42 Å². The standard InChI is InChI=1S/C16H30O5/c1-16(14(18)19,15(20)21-2)12-10-8-6-4-3-5-7-9-11-13-17/h17H,3-13H2,1-2H3,(H,18,19). The number of carbonyl (C=O) groups is 2. The molecule has 0 aromatic carbocycles. The lowest BCUT2D eigenvalue weighted by Crippen LogP contribution is -2.37. The SMILES string of the molecule is COC(=O)C(C)(CCCCCCCCCCCO)C(=O)O. The first kappa shape index (κ1) is 19.9. The lowest BCUT2D eigenvalue weighted by Gasteiger charge is -2.21. The average Bonchev–Trinajstić information content (AvgIpc) is 2.47. The number of rotatable bonds is 13. The zero-order chi connectivity index (χ0) is 16.1. The highest BCUT2D eigenvalue weighted by atomic mass is 16.5. The number of carboxylic acids is 1. The summed E-state index contributed by atoms with van der Waals surface area (Å²) in [6.45, 7) is 1.71. The smallest absolute Gasteiger partial charge is 0.322 e. The topological polar surface area (TPSA) is 83.8 Å². The van der Waals surface area contributed by atoms with Gasteiger partial charge in [-0.3, -0.25) is 9.59 Å². The molecule has 1 unspecified atom stereocenters. The minimum atomic E-state index is -1.42. The van der Waals surface area contributed by atoms with Gasteiger partial charge < -0.3 is 14.9 Å². The van der Waals surface area contributed by atoms with Crippen molar-refractivity contribution in [1.82, 2.24) is 0 Å². The Bertz CT molecular complexity index is 303. The molecule has 0 aromatic rings. The Morgan fingerprint density at radius 3 is 1.71 bits per heavy atom. The number of methoxy groups -OCH3 is 1. The molecular weight excluding hydrogens is 272 g/mol. The van der Waals surface area contributed by atoms with Gasteiger partial charge in [0.2, 0.25) is 0 Å². The average molecular weight is 302 g/mol. The third kappa shape index (κ3) is 8.05. The Balaban J connectivity index is 3.69. The fourth-order valence-corrected chi connectivity index (χ4v) is 2.35. The molecule has 0 rings (SSSR count). The number of carbonyl (C=O) groups excluding carboxylic acids is 1. The monoisotopic (exact) mass is 302 g/mol. The molecule has 0 saturated carbocycles. The van der Waals surface area contributed by atoms with Gasteiger partial charge in [-0.1, -0.05) is 51.4 Å². The molecule has 5 heteroatoms. The van der Waals surface area contributed by atoms with Crippen LogP contribution in [-0.4, -0.2) is 35.9 Å². The van der Waals surface area contributed by atoms with Crippen LogP contribution in [0.15, 0.2) is 0 Å². The van der Waals surface area contributed by atoms with E-state index in [1.807, 2.05) is 0 Å². The second-order valence-corrected chi connectivity index (χ2v) is 5.78. The van der Waals surface area contributed by atoms with Gasteiger partial charge in [0.15, 0.2) is 5.41 Å². The number of aliphatic carboxylic acids is 1. The highest BCUT2D eigenvalue weighted by Crippen LogP contribution is 2.27. The molecule has 0 aliphatic heterocycles. The summed E-state index contributed by atoms with van der Waals surface area (Å²) >= 11 is 0. The zero-order valence-electron chi connectivity index (χ0n) is 13.4. The van der Waals surface area contributed by atoms with Crippen LogP contribution in [0.25, 0.3) is 0 Å². The van der Waals surface area contributed by atoms with Crippen molar-refractivity contribution in [2.45, 2.75) is 71.1 Å². The van der Waals surface area contributed by atoms with Crippen LogP contribution in [0, 0.1) is 5.41 Å². The normalized spacial score (nSPS) is 13.7. The molecule has 21 heavy (non-hydrogen) atoms. The number of aliphatic hydroxyl groups is 1. The predicted molar refractivity (Wildman–Crippen MR) is 81.0 cm³/mol. The molecule has 0 fully saturated rings. The quantitative estimate of drug-likeness (QED) is 0.310. The lowest BCUT2D eigenvalue weighted by molar-refractivity contribution is -0.166. The second kappa shape index (κ2) is 11.5. The van der Waals surface area contributed by atoms with Crippen molar-refractivity contribution in [3.63, 3.8) is 0 Å². The van der Waals surface area contributed by atoms with Crippen LogP contribution in [0.3, 0.4) is 0 Å². The minimum absolute atomic E-state index is 0.280. The maximum atomic E-state index is 11.5. The van der Waals surface area contributed by atoms with Gasteiger partial charge >= 0.3 is 11.9 Å². The summed E-state index contributed by atoms with van der Waals surface area (Å²) in [7, 11) is 1.22. The Kier molecular flexibility index (Phi) is 10.9. The molecule has 0 aliphatic rings. The van der Waals surface area contributed by atoms with Crippen molar-refractivity contribution in [1.29, 1.82) is 0 Å². The largest absolute Gasteiger partial charge is 0.480 e. The van der Waals surface area contributed by atoms with E-state index in [9.17, 15) is 9.59 Å². The minimum Gasteiger partial charge on any atom is -0.480 e. The molecular formula is C16H30O5. The number of hydrogen-bond acceptors (Lipinski definition) is 4. The van der Waals surface area contributed by atoms with Crippen molar-refractivity contribution in [2.24, 2.45) is 5.41 Å². The van der Waals surface area contributed by atoms with Gasteiger partial charge in [-0.2, -0.15) is 0 Å². The molecule has 2 N–H and O–H groups in total. The third-order valence-corrected chi connectivity index (χ3v) is 3.94. The van der Waals surface area contributed by atoms with Crippen molar-refractivity contribution in [3.05, 3.63) is 0 Å². The molecule has 0 heterocycles. The van der Waals surface area contributed by atoms with Crippen LogP contribution in [0.1, 0.15) is 71.1 Å². The molecule has 124 valence electrons. The third-order valence-electron chi connectivity index (χ3n) is 3.94. The first-order valence-corrected chi connectivity index (χ1v) is 7.91. The summed E-state index contributed by atoms with van der Waals surface area (Å²) in [6.07, 6.45) is 9.71. The second-order valence-electron chi connectivity index (χ2n) is 5.78. The summed E-state index contributed by atoms with van der Waals surface area (Å²) in [5.41, 5.74) is -1.42. The molecule has 0 bridgehead atoms. The van der Waals surface area contributed by atoms with Crippen LogP contribution in [-0.2, 0) is 14.3 Å². The highest BCUT2D eigenvalue weighted by molar-refractivity contribution is 5.98. The van der Waals surface area contributed by atoms with Crippen molar-refractivity contribution >= 4 is 11.9 Å². The van der Waals surface area contributed by atoms with Gasteiger partial charge in [0, 0.05) is 6.61 Å². The Labute approximate surface area is 127 Å². The number of esters is 1. The Hall–Kier alpha value is -1.10. The molecule has 0 saturated heterocycles. The fourth-order valence-electron chi connectivity index (χ4n) is 2.35. The van der Waals surface area contributed by atoms with Gasteiger partial charge in [0.25, 0.3) is 0 Å². The van der Waals surface area contributed by atoms with Gasteiger partial charge in [-0.05, 0) is 19.8 Å². The van der Waals surface area contributed by atoms with E-state index in [1.54, 1.807) is 0 Å². The van der Waals surface area contributed by atoms with Crippen molar-refractivity contribution < 1.29 is 24.5 Å². The Morgan fingerprint density at radius 2 is 1.33 bits per heavy atom. The summed E-state index contributed by atoms with van der Waals surface area (Å²) in [4.78, 5) is 22.7. The molecule has 0 amide bonds. The first-order valence-electron chi connectivity index (χ1n) is 7.91. The molecule has 0 aliphatic carbocycles. The van der Waals surface area contributed by atoms with Gasteiger partial charge in [-0.15, -0.1) is 0 Å². The van der Waals surface area contributed by atoms with Crippen LogP contribution in [0.4, 0.5) is 0 Å². The fraction of sp³-hybridized carbons (Fsp3) is 0.875. The van der Waals surface area contributed by atoms with Crippen molar-refractivity contribution in [2.75, 3.05) is 13.7 Å². The van der Waals surface area contributed by atoms with Crippen LogP contribution < -0.4 is 0 Å². The lowest BCUT2D eigenvalue weighted by atomic mass is 9.84. The van der Waals surface area contributed by atoms with Gasteiger partial charge in [-0.25, -0.2) is 0 Å². The summed E-state index contributed by atoms with van der Waals surface area (Å²) < 4.78 is 4.58. The number of carboxylic acid groups (broad SMARTS) is 1. The van der Waals surface area contributed by atoms with E-state index < -0.39 is 17.4 Å². The summed E-state index contributed by atoms with van der Waals surface area (Å²) in [6, 6.07) is 0. The first-order chi connectivity index (χ1) is 9.99. The number of unbranched alkanes of at least 4 members (excludes halogenated alkanes) is 8. The van der Waals surface area contributed by atoms with Crippen LogP contribution in [0.5, 0.6) is 0 Å². The molecule has 0 spiro atoms. The Morgan fingerprint density at radius 1 is 0.905 bits per heavy atom.